The molecule has 1 saturated carbocycles. The Morgan fingerprint density at radius 3 is 2.86 bits per heavy atom. The van der Waals surface area contributed by atoms with Crippen molar-refractivity contribution in [2.24, 2.45) is 0 Å². The standard InChI is InChI=1S/C21H24N4O2S2/c1-14-7-5-6-10-17(14)23-18(26)13-28-12-16-11-19(27)25-21(22-16)29-20(24-25)15-8-3-2-4-9-15/h5-7,10-11,15H,2-4,8-9,12-13H2,1H3,(H,23,26). The monoisotopic (exact) mass is 428 g/mol. The Morgan fingerprint density at radius 2 is 2.07 bits per heavy atom. The lowest BCUT2D eigenvalue weighted by atomic mass is 9.90. The fourth-order valence-electron chi connectivity index (χ4n) is 3.61. The second-order valence-electron chi connectivity index (χ2n) is 7.41. The van der Waals surface area contributed by atoms with E-state index in [-0.39, 0.29) is 11.5 Å². The number of carbonyl (C=O) groups is 1. The third-order valence-corrected chi connectivity index (χ3v) is 7.21. The lowest BCUT2D eigenvalue weighted by Gasteiger charge is -2.18. The van der Waals surface area contributed by atoms with Gasteiger partial charge < -0.3 is 5.32 Å². The maximum absolute atomic E-state index is 12.4. The molecule has 1 amide bonds. The number of hydrogen-bond donors (Lipinski definition) is 1. The normalized spacial score (nSPS) is 14.9. The number of amides is 1. The van der Waals surface area contributed by atoms with Gasteiger partial charge in [0, 0.05) is 23.4 Å². The number of rotatable bonds is 6. The van der Waals surface area contributed by atoms with Crippen LogP contribution in [0.5, 0.6) is 0 Å². The molecule has 3 aromatic rings. The Labute approximate surface area is 177 Å². The molecule has 1 N–H and O–H groups in total. The fraction of sp³-hybridized carbons (Fsp3) is 0.429. The van der Waals surface area contributed by atoms with Crippen LogP contribution in [-0.2, 0) is 10.5 Å². The molecule has 8 heteroatoms. The number of nitrogens with one attached hydrogen (secondary N) is 1. The molecule has 0 atom stereocenters. The van der Waals surface area contributed by atoms with Gasteiger partial charge in [0.1, 0.15) is 5.01 Å². The van der Waals surface area contributed by atoms with Crippen LogP contribution in [0.15, 0.2) is 35.1 Å². The van der Waals surface area contributed by atoms with Gasteiger partial charge in [0.15, 0.2) is 0 Å². The fourth-order valence-corrected chi connectivity index (χ4v) is 5.42. The number of nitrogens with zero attached hydrogens (tertiary/aromatic N) is 3. The summed E-state index contributed by atoms with van der Waals surface area (Å²) in [5, 5.41) is 8.48. The summed E-state index contributed by atoms with van der Waals surface area (Å²) in [6.07, 6.45) is 6.05. The number of hydrogen-bond acceptors (Lipinski definition) is 6. The van der Waals surface area contributed by atoms with Crippen LogP contribution in [-0.4, -0.2) is 26.3 Å². The van der Waals surface area contributed by atoms with E-state index in [0.29, 0.717) is 28.1 Å². The smallest absolute Gasteiger partial charge is 0.275 e. The number of benzene rings is 1. The van der Waals surface area contributed by atoms with Crippen molar-refractivity contribution in [3.8, 4) is 0 Å². The van der Waals surface area contributed by atoms with Crippen LogP contribution in [0, 0.1) is 6.92 Å². The van der Waals surface area contributed by atoms with Crippen molar-refractivity contribution in [3.05, 3.63) is 57.0 Å². The molecule has 1 aliphatic rings. The van der Waals surface area contributed by atoms with Crippen LogP contribution in [0.1, 0.15) is 54.3 Å². The Bertz CT molecular complexity index is 1070. The minimum absolute atomic E-state index is 0.0560. The zero-order valence-electron chi connectivity index (χ0n) is 16.4. The van der Waals surface area contributed by atoms with Gasteiger partial charge in [0.25, 0.3) is 5.56 Å². The summed E-state index contributed by atoms with van der Waals surface area (Å²) in [4.78, 5) is 29.9. The summed E-state index contributed by atoms with van der Waals surface area (Å²) in [5.41, 5.74) is 2.41. The molecule has 0 aliphatic heterocycles. The summed E-state index contributed by atoms with van der Waals surface area (Å²) < 4.78 is 1.42. The van der Waals surface area contributed by atoms with Gasteiger partial charge in [-0.05, 0) is 31.4 Å². The second-order valence-corrected chi connectivity index (χ2v) is 9.38. The number of fused-ring (bicyclic) bond motifs is 1. The molecule has 1 aromatic carbocycles. The van der Waals surface area contributed by atoms with Crippen LogP contribution in [0.25, 0.3) is 4.96 Å². The third-order valence-electron chi connectivity index (χ3n) is 5.17. The molecule has 152 valence electrons. The first-order chi connectivity index (χ1) is 14.1. The van der Waals surface area contributed by atoms with Crippen molar-refractivity contribution in [2.45, 2.75) is 50.7 Å². The van der Waals surface area contributed by atoms with Gasteiger partial charge in [-0.1, -0.05) is 48.8 Å². The van der Waals surface area contributed by atoms with Crippen LogP contribution in [0.3, 0.4) is 0 Å². The van der Waals surface area contributed by atoms with E-state index in [1.165, 1.54) is 52.9 Å². The summed E-state index contributed by atoms with van der Waals surface area (Å²) in [7, 11) is 0. The average molecular weight is 429 g/mol. The molecule has 1 aliphatic carbocycles. The highest BCUT2D eigenvalue weighted by Gasteiger charge is 2.20. The predicted octanol–water partition coefficient (Wildman–Crippen LogP) is 4.38. The van der Waals surface area contributed by atoms with Crippen molar-refractivity contribution >= 4 is 39.7 Å². The molecule has 0 unspecified atom stereocenters. The number of para-hydroxylation sites is 1. The van der Waals surface area contributed by atoms with Gasteiger partial charge in [-0.3, -0.25) is 9.59 Å². The van der Waals surface area contributed by atoms with E-state index in [1.54, 1.807) is 0 Å². The Balaban J connectivity index is 1.38. The van der Waals surface area contributed by atoms with Crippen molar-refractivity contribution in [2.75, 3.05) is 11.1 Å². The number of carbonyl (C=O) groups excluding carboxylic acids is 1. The molecular weight excluding hydrogens is 404 g/mol. The van der Waals surface area contributed by atoms with Gasteiger partial charge in [0.2, 0.25) is 10.9 Å². The highest BCUT2D eigenvalue weighted by atomic mass is 32.2. The van der Waals surface area contributed by atoms with E-state index in [0.717, 1.165) is 29.1 Å². The SMILES string of the molecule is Cc1ccccc1NC(=O)CSCc1cc(=O)n2nc(C3CCCCC3)sc2n1. The molecule has 0 spiro atoms. The highest BCUT2D eigenvalue weighted by molar-refractivity contribution is 7.99. The number of aryl methyl sites for hydroxylation is 1. The van der Waals surface area contributed by atoms with Crippen molar-refractivity contribution < 1.29 is 4.79 Å². The lowest BCUT2D eigenvalue weighted by Crippen LogP contribution is -2.17. The van der Waals surface area contributed by atoms with Crippen molar-refractivity contribution in [3.63, 3.8) is 0 Å². The Morgan fingerprint density at radius 1 is 1.28 bits per heavy atom. The summed E-state index contributed by atoms with van der Waals surface area (Å²) in [6, 6.07) is 9.23. The lowest BCUT2D eigenvalue weighted by molar-refractivity contribution is -0.113. The van der Waals surface area contributed by atoms with E-state index in [1.807, 2.05) is 31.2 Å². The van der Waals surface area contributed by atoms with Crippen LogP contribution >= 0.6 is 23.1 Å². The number of aromatic nitrogens is 3. The second kappa shape index (κ2) is 9.09. The maximum Gasteiger partial charge on any atom is 0.275 e. The van der Waals surface area contributed by atoms with E-state index in [9.17, 15) is 9.59 Å². The molecule has 2 aromatic heterocycles. The van der Waals surface area contributed by atoms with E-state index >= 15 is 0 Å². The van der Waals surface area contributed by atoms with E-state index in [2.05, 4.69) is 15.4 Å². The van der Waals surface area contributed by atoms with E-state index < -0.39 is 0 Å². The molecule has 0 saturated heterocycles. The molecule has 4 rings (SSSR count). The minimum Gasteiger partial charge on any atom is -0.325 e. The number of anilines is 1. The Hall–Kier alpha value is -2.19. The largest absolute Gasteiger partial charge is 0.325 e. The first-order valence-corrected chi connectivity index (χ1v) is 11.9. The molecule has 2 heterocycles. The van der Waals surface area contributed by atoms with Gasteiger partial charge in [-0.25, -0.2) is 4.98 Å². The summed E-state index contributed by atoms with van der Waals surface area (Å²) in [6.45, 7) is 1.96. The predicted molar refractivity (Wildman–Crippen MR) is 119 cm³/mol. The maximum atomic E-state index is 12.4. The van der Waals surface area contributed by atoms with Crippen molar-refractivity contribution in [1.29, 1.82) is 0 Å². The molecular formula is C21H24N4O2S2. The van der Waals surface area contributed by atoms with Gasteiger partial charge >= 0.3 is 0 Å². The summed E-state index contributed by atoms with van der Waals surface area (Å²) in [5.74, 6) is 1.23. The first-order valence-electron chi connectivity index (χ1n) is 9.93. The molecule has 1 fully saturated rings. The van der Waals surface area contributed by atoms with Gasteiger partial charge in [0.05, 0.1) is 11.4 Å². The summed E-state index contributed by atoms with van der Waals surface area (Å²) >= 11 is 2.98. The quantitative estimate of drug-likeness (QED) is 0.631. The van der Waals surface area contributed by atoms with Crippen LogP contribution in [0.4, 0.5) is 5.69 Å². The van der Waals surface area contributed by atoms with Gasteiger partial charge in [-0.15, -0.1) is 11.8 Å². The van der Waals surface area contributed by atoms with E-state index in [4.69, 9.17) is 0 Å². The molecule has 6 nitrogen and oxygen atoms in total. The third kappa shape index (κ3) is 4.87. The average Bonchev–Trinajstić information content (AvgIpc) is 3.15. The molecule has 29 heavy (non-hydrogen) atoms. The number of thioether (sulfide) groups is 1. The first kappa shape index (κ1) is 20.1. The topological polar surface area (TPSA) is 76.4 Å². The zero-order valence-corrected chi connectivity index (χ0v) is 18.0. The highest BCUT2D eigenvalue weighted by Crippen LogP contribution is 2.34. The Kier molecular flexibility index (Phi) is 6.30. The molecule has 0 bridgehead atoms. The minimum atomic E-state index is -0.145. The van der Waals surface area contributed by atoms with Crippen LogP contribution in [0.2, 0.25) is 0 Å². The van der Waals surface area contributed by atoms with Crippen LogP contribution < -0.4 is 10.9 Å². The molecule has 0 radical (unpaired) electrons. The van der Waals surface area contributed by atoms with Crippen molar-refractivity contribution in [1.82, 2.24) is 14.6 Å². The van der Waals surface area contributed by atoms with Gasteiger partial charge in [-0.2, -0.15) is 9.61 Å². The zero-order chi connectivity index (χ0) is 20.2.